The number of hydrogen-bond donors (Lipinski definition) is 1. The second-order valence-corrected chi connectivity index (χ2v) is 4.92. The summed E-state index contributed by atoms with van der Waals surface area (Å²) >= 11 is 0. The molecule has 2 aliphatic rings. The van der Waals surface area contributed by atoms with E-state index in [1.807, 2.05) is 19.9 Å². The molecule has 86 valence electrons. The Bertz CT molecular complexity index is 384. The van der Waals surface area contributed by atoms with Crippen LogP contribution in [0.2, 0.25) is 0 Å². The van der Waals surface area contributed by atoms with Crippen LogP contribution in [0.1, 0.15) is 17.8 Å². The van der Waals surface area contributed by atoms with Crippen molar-refractivity contribution in [1.82, 2.24) is 15.3 Å². The van der Waals surface area contributed by atoms with E-state index in [0.29, 0.717) is 6.04 Å². The summed E-state index contributed by atoms with van der Waals surface area (Å²) in [6.45, 7) is 7.46. The van der Waals surface area contributed by atoms with Crippen LogP contribution in [0.25, 0.3) is 0 Å². The summed E-state index contributed by atoms with van der Waals surface area (Å²) in [6, 6.07) is 2.65. The quantitative estimate of drug-likeness (QED) is 0.760. The van der Waals surface area contributed by atoms with Crippen LogP contribution >= 0.6 is 0 Å². The summed E-state index contributed by atoms with van der Waals surface area (Å²) in [5, 5.41) is 3.45. The predicted molar refractivity (Wildman–Crippen MR) is 63.6 cm³/mol. The first-order valence-corrected chi connectivity index (χ1v) is 6.03. The Morgan fingerprint density at radius 1 is 1.31 bits per heavy atom. The monoisotopic (exact) mass is 218 g/mol. The van der Waals surface area contributed by atoms with Gasteiger partial charge in [-0.3, -0.25) is 0 Å². The van der Waals surface area contributed by atoms with Gasteiger partial charge in [0.1, 0.15) is 0 Å². The molecule has 2 fully saturated rings. The molecule has 2 saturated heterocycles. The van der Waals surface area contributed by atoms with Crippen molar-refractivity contribution in [3.63, 3.8) is 0 Å². The molecule has 0 aliphatic carbocycles. The molecule has 0 aromatic carbocycles. The molecule has 2 aliphatic heterocycles. The lowest BCUT2D eigenvalue weighted by Gasteiger charge is -2.51. The summed E-state index contributed by atoms with van der Waals surface area (Å²) in [5.74, 6) is 1.77. The van der Waals surface area contributed by atoms with Gasteiger partial charge in [0.15, 0.2) is 0 Å². The van der Waals surface area contributed by atoms with Crippen molar-refractivity contribution in [3.8, 4) is 0 Å². The van der Waals surface area contributed by atoms with Crippen molar-refractivity contribution in [2.24, 2.45) is 5.92 Å². The number of aryl methyl sites for hydroxylation is 2. The van der Waals surface area contributed by atoms with E-state index in [0.717, 1.165) is 36.3 Å². The van der Waals surface area contributed by atoms with E-state index in [1.54, 1.807) is 0 Å². The van der Waals surface area contributed by atoms with Crippen molar-refractivity contribution in [2.45, 2.75) is 26.3 Å². The number of rotatable bonds is 1. The van der Waals surface area contributed by atoms with Crippen molar-refractivity contribution in [3.05, 3.63) is 17.5 Å². The zero-order valence-corrected chi connectivity index (χ0v) is 9.90. The molecular weight excluding hydrogens is 200 g/mol. The maximum atomic E-state index is 4.53. The van der Waals surface area contributed by atoms with E-state index >= 15 is 0 Å². The third-order valence-corrected chi connectivity index (χ3v) is 3.65. The van der Waals surface area contributed by atoms with Gasteiger partial charge in [-0.05, 0) is 38.8 Å². The Kier molecular flexibility index (Phi) is 2.32. The molecule has 1 aromatic heterocycles. The van der Waals surface area contributed by atoms with Crippen LogP contribution in [-0.4, -0.2) is 35.6 Å². The standard InChI is InChI=1S/C12H18N4/c1-8-5-9(2)15-12(14-8)16-7-10-3-4-13-6-11(10)16/h5,10-11,13H,3-4,6-7H2,1-2H3/t10-,11+/m0/s1. The zero-order valence-electron chi connectivity index (χ0n) is 9.90. The van der Waals surface area contributed by atoms with Crippen LogP contribution in [0.4, 0.5) is 5.95 Å². The molecule has 16 heavy (non-hydrogen) atoms. The zero-order chi connectivity index (χ0) is 11.1. The summed E-state index contributed by atoms with van der Waals surface area (Å²) in [5.41, 5.74) is 2.13. The van der Waals surface area contributed by atoms with E-state index < -0.39 is 0 Å². The minimum absolute atomic E-state index is 0.620. The number of nitrogens with zero attached hydrogens (tertiary/aromatic N) is 3. The van der Waals surface area contributed by atoms with Crippen LogP contribution in [0.15, 0.2) is 6.07 Å². The van der Waals surface area contributed by atoms with Crippen LogP contribution in [0.3, 0.4) is 0 Å². The van der Waals surface area contributed by atoms with Crippen LogP contribution in [0.5, 0.6) is 0 Å². The molecule has 4 nitrogen and oxygen atoms in total. The smallest absolute Gasteiger partial charge is 0.226 e. The van der Waals surface area contributed by atoms with Gasteiger partial charge in [-0.15, -0.1) is 0 Å². The lowest BCUT2D eigenvalue weighted by atomic mass is 9.83. The first kappa shape index (κ1) is 10.0. The van der Waals surface area contributed by atoms with Crippen LogP contribution in [0, 0.1) is 19.8 Å². The Morgan fingerprint density at radius 3 is 2.75 bits per heavy atom. The van der Waals surface area contributed by atoms with Gasteiger partial charge in [0.2, 0.25) is 5.95 Å². The van der Waals surface area contributed by atoms with E-state index in [2.05, 4.69) is 20.2 Å². The predicted octanol–water partition coefficient (Wildman–Crippen LogP) is 0.892. The molecular formula is C12H18N4. The van der Waals surface area contributed by atoms with Crippen molar-refractivity contribution < 1.29 is 0 Å². The number of piperidine rings is 1. The molecule has 0 amide bonds. The van der Waals surface area contributed by atoms with Gasteiger partial charge >= 0.3 is 0 Å². The fourth-order valence-electron chi connectivity index (χ4n) is 2.79. The maximum Gasteiger partial charge on any atom is 0.226 e. The van der Waals surface area contributed by atoms with Crippen molar-refractivity contribution in [1.29, 1.82) is 0 Å². The molecule has 0 radical (unpaired) electrons. The first-order valence-electron chi connectivity index (χ1n) is 6.03. The highest BCUT2D eigenvalue weighted by molar-refractivity contribution is 5.39. The lowest BCUT2D eigenvalue weighted by molar-refractivity contribution is 0.225. The minimum Gasteiger partial charge on any atom is -0.336 e. The number of aromatic nitrogens is 2. The van der Waals surface area contributed by atoms with Gasteiger partial charge < -0.3 is 10.2 Å². The van der Waals surface area contributed by atoms with Crippen molar-refractivity contribution >= 4 is 5.95 Å². The Balaban J connectivity index is 1.82. The Morgan fingerprint density at radius 2 is 2.06 bits per heavy atom. The summed E-state index contributed by atoms with van der Waals surface area (Å²) in [4.78, 5) is 11.4. The average Bonchev–Trinajstić information content (AvgIpc) is 2.18. The molecule has 0 spiro atoms. The number of fused-ring (bicyclic) bond motifs is 1. The molecule has 1 aromatic rings. The van der Waals surface area contributed by atoms with E-state index in [1.165, 1.54) is 13.0 Å². The van der Waals surface area contributed by atoms with Gasteiger partial charge in [-0.25, -0.2) is 9.97 Å². The van der Waals surface area contributed by atoms with Crippen molar-refractivity contribution in [2.75, 3.05) is 24.5 Å². The number of hydrogen-bond acceptors (Lipinski definition) is 4. The third-order valence-electron chi connectivity index (χ3n) is 3.65. The molecule has 3 rings (SSSR count). The fourth-order valence-corrected chi connectivity index (χ4v) is 2.79. The molecule has 0 saturated carbocycles. The SMILES string of the molecule is Cc1cc(C)nc(N2C[C@@H]3CCNC[C@H]32)n1. The highest BCUT2D eigenvalue weighted by Crippen LogP contribution is 2.32. The number of anilines is 1. The second-order valence-electron chi connectivity index (χ2n) is 4.92. The maximum absolute atomic E-state index is 4.53. The molecule has 0 bridgehead atoms. The summed E-state index contributed by atoms with van der Waals surface area (Å²) in [6.07, 6.45) is 1.30. The largest absolute Gasteiger partial charge is 0.336 e. The van der Waals surface area contributed by atoms with Gasteiger partial charge in [0.25, 0.3) is 0 Å². The molecule has 1 N–H and O–H groups in total. The minimum atomic E-state index is 0.620. The highest BCUT2D eigenvalue weighted by atomic mass is 15.3. The summed E-state index contributed by atoms with van der Waals surface area (Å²) < 4.78 is 0. The third kappa shape index (κ3) is 1.57. The lowest BCUT2D eigenvalue weighted by Crippen LogP contribution is -2.64. The average molecular weight is 218 g/mol. The molecule has 0 unspecified atom stereocenters. The topological polar surface area (TPSA) is 41.1 Å². The van der Waals surface area contributed by atoms with Gasteiger partial charge in [0.05, 0.1) is 0 Å². The van der Waals surface area contributed by atoms with Gasteiger partial charge in [-0.1, -0.05) is 0 Å². The van der Waals surface area contributed by atoms with Crippen LogP contribution < -0.4 is 10.2 Å². The normalized spacial score (nSPS) is 28.5. The highest BCUT2D eigenvalue weighted by Gasteiger charge is 2.41. The molecule has 4 heteroatoms. The Hall–Kier alpha value is -1.16. The van der Waals surface area contributed by atoms with E-state index in [4.69, 9.17) is 0 Å². The number of nitrogens with one attached hydrogen (secondary N) is 1. The van der Waals surface area contributed by atoms with Gasteiger partial charge in [0, 0.05) is 30.5 Å². The fraction of sp³-hybridized carbons (Fsp3) is 0.667. The second kappa shape index (κ2) is 3.70. The molecule has 2 atom stereocenters. The van der Waals surface area contributed by atoms with Gasteiger partial charge in [-0.2, -0.15) is 0 Å². The molecule has 3 heterocycles. The van der Waals surface area contributed by atoms with E-state index in [-0.39, 0.29) is 0 Å². The van der Waals surface area contributed by atoms with E-state index in [9.17, 15) is 0 Å². The first-order chi connectivity index (χ1) is 7.74. The van der Waals surface area contributed by atoms with Crippen LogP contribution in [-0.2, 0) is 0 Å². The summed E-state index contributed by atoms with van der Waals surface area (Å²) in [7, 11) is 0. The Labute approximate surface area is 96.1 Å².